The fraction of sp³-hybridized carbons (Fsp3) is 0.391. The van der Waals surface area contributed by atoms with Gasteiger partial charge < -0.3 is 19.2 Å². The highest BCUT2D eigenvalue weighted by Gasteiger charge is 2.29. The van der Waals surface area contributed by atoms with E-state index in [4.69, 9.17) is 13.9 Å². The summed E-state index contributed by atoms with van der Waals surface area (Å²) in [5.41, 5.74) is 1.53. The molecule has 1 amide bonds. The normalized spacial score (nSPS) is 14.9. The van der Waals surface area contributed by atoms with Crippen LogP contribution in [0.1, 0.15) is 19.8 Å². The predicted octanol–water partition coefficient (Wildman–Crippen LogP) is 2.43. The number of sulfonamides is 1. The van der Waals surface area contributed by atoms with Crippen molar-refractivity contribution in [1.29, 1.82) is 0 Å². The van der Waals surface area contributed by atoms with Crippen molar-refractivity contribution in [2.45, 2.75) is 31.2 Å². The lowest BCUT2D eigenvalue weighted by Crippen LogP contribution is -2.40. The maximum Gasteiger partial charge on any atom is 0.419 e. The molecule has 0 atom stereocenters. The highest BCUT2D eigenvalue weighted by molar-refractivity contribution is 7.89. The summed E-state index contributed by atoms with van der Waals surface area (Å²) < 4.78 is 45.2. The second-order valence-electron chi connectivity index (χ2n) is 7.75. The third-order valence-electron chi connectivity index (χ3n) is 5.47. The highest BCUT2D eigenvalue weighted by Crippen LogP contribution is 2.30. The number of hydrogen-bond donors (Lipinski definition) is 1. The van der Waals surface area contributed by atoms with Crippen molar-refractivity contribution in [1.82, 2.24) is 8.87 Å². The Bertz CT molecular complexity index is 1320. The number of rotatable bonds is 9. The molecule has 34 heavy (non-hydrogen) atoms. The summed E-state index contributed by atoms with van der Waals surface area (Å²) >= 11 is 0. The number of benzene rings is 2. The summed E-state index contributed by atoms with van der Waals surface area (Å²) in [6.07, 6.45) is 0.552. The van der Waals surface area contributed by atoms with Crippen LogP contribution < -0.4 is 15.8 Å². The second-order valence-corrected chi connectivity index (χ2v) is 9.66. The molecule has 0 radical (unpaired) electrons. The first-order chi connectivity index (χ1) is 16.4. The van der Waals surface area contributed by atoms with Crippen LogP contribution in [0.5, 0.6) is 5.75 Å². The minimum Gasteiger partial charge on any atom is -0.492 e. The monoisotopic (exact) mass is 489 g/mol. The van der Waals surface area contributed by atoms with Crippen molar-refractivity contribution in [2.24, 2.45) is 0 Å². The molecular formula is C23H27N3O7S. The van der Waals surface area contributed by atoms with Gasteiger partial charge in [0.2, 0.25) is 15.9 Å². The smallest absolute Gasteiger partial charge is 0.419 e. The third kappa shape index (κ3) is 5.16. The number of aryl methyl sites for hydroxylation is 1. The molecule has 2 aromatic carbocycles. The van der Waals surface area contributed by atoms with E-state index in [1.165, 1.54) is 14.9 Å². The Hall–Kier alpha value is -3.15. The largest absolute Gasteiger partial charge is 0.492 e. The number of hydrogen-bond acceptors (Lipinski definition) is 7. The van der Waals surface area contributed by atoms with E-state index in [0.717, 1.165) is 0 Å². The van der Waals surface area contributed by atoms with Crippen molar-refractivity contribution >= 4 is 32.7 Å². The topological polar surface area (TPSA) is 120 Å². The molecule has 0 spiro atoms. The van der Waals surface area contributed by atoms with Crippen molar-refractivity contribution in [2.75, 3.05) is 38.2 Å². The molecule has 1 aliphatic heterocycles. The third-order valence-corrected chi connectivity index (χ3v) is 7.39. The van der Waals surface area contributed by atoms with Gasteiger partial charge in [-0.05, 0) is 43.7 Å². The van der Waals surface area contributed by atoms with Gasteiger partial charge in [0.25, 0.3) is 0 Å². The maximum atomic E-state index is 13.2. The molecule has 0 bridgehead atoms. The average Bonchev–Trinajstić information content (AvgIpc) is 3.16. The highest BCUT2D eigenvalue weighted by atomic mass is 32.2. The van der Waals surface area contributed by atoms with E-state index in [1.54, 1.807) is 37.3 Å². The number of aromatic nitrogens is 1. The first-order valence-electron chi connectivity index (χ1n) is 11.1. The van der Waals surface area contributed by atoms with E-state index in [0.29, 0.717) is 49.6 Å². The minimum atomic E-state index is -3.82. The van der Waals surface area contributed by atoms with Gasteiger partial charge in [-0.3, -0.25) is 9.36 Å². The van der Waals surface area contributed by atoms with Gasteiger partial charge in [0.1, 0.15) is 10.6 Å². The van der Waals surface area contributed by atoms with Gasteiger partial charge in [0.15, 0.2) is 5.58 Å². The van der Waals surface area contributed by atoms with E-state index in [9.17, 15) is 18.0 Å². The number of para-hydroxylation sites is 2. The number of ether oxygens (including phenoxy) is 2. The van der Waals surface area contributed by atoms with Gasteiger partial charge in [-0.25, -0.2) is 13.2 Å². The van der Waals surface area contributed by atoms with Crippen LogP contribution in [0.15, 0.2) is 56.6 Å². The fourth-order valence-electron chi connectivity index (χ4n) is 3.84. The Kier molecular flexibility index (Phi) is 7.35. The number of oxazole rings is 1. The lowest BCUT2D eigenvalue weighted by atomic mass is 10.2. The van der Waals surface area contributed by atoms with Crippen molar-refractivity contribution < 1.29 is 27.1 Å². The number of carbonyl (C=O) groups excluding carboxylic acids is 1. The van der Waals surface area contributed by atoms with Crippen molar-refractivity contribution in [3.05, 3.63) is 53.0 Å². The lowest BCUT2D eigenvalue weighted by molar-refractivity contribution is -0.116. The van der Waals surface area contributed by atoms with Gasteiger partial charge in [0.05, 0.1) is 25.3 Å². The molecule has 0 aliphatic carbocycles. The second kappa shape index (κ2) is 10.4. The van der Waals surface area contributed by atoms with Crippen LogP contribution in [0.25, 0.3) is 11.1 Å². The molecule has 0 unspecified atom stereocenters. The summed E-state index contributed by atoms with van der Waals surface area (Å²) in [5, 5.41) is 2.75. The summed E-state index contributed by atoms with van der Waals surface area (Å²) in [7, 11) is -3.82. The molecule has 10 nitrogen and oxygen atoms in total. The standard InChI is InChI=1S/C23H27N3O7S/c1-2-32-20-10-9-17(16-21(20)34(29,30)25-12-14-31-15-13-25)24-22(27)8-5-11-26-18-6-3-4-7-19(18)33-23(26)28/h3-4,6-7,9-10,16H,2,5,8,11-15H2,1H3,(H,24,27). The molecule has 4 rings (SSSR count). The number of nitrogens with one attached hydrogen (secondary N) is 1. The molecule has 1 N–H and O–H groups in total. The Morgan fingerprint density at radius 2 is 1.91 bits per heavy atom. The quantitative estimate of drug-likeness (QED) is 0.490. The van der Waals surface area contributed by atoms with E-state index >= 15 is 0 Å². The molecule has 0 saturated carbocycles. The van der Waals surface area contributed by atoms with Gasteiger partial charge in [-0.1, -0.05) is 12.1 Å². The first kappa shape index (κ1) is 24.0. The Morgan fingerprint density at radius 3 is 2.68 bits per heavy atom. The van der Waals surface area contributed by atoms with Crippen LogP contribution in [0, 0.1) is 0 Å². The van der Waals surface area contributed by atoms with Crippen LogP contribution in [0.3, 0.4) is 0 Å². The number of carbonyl (C=O) groups is 1. The van der Waals surface area contributed by atoms with Crippen molar-refractivity contribution in [3.63, 3.8) is 0 Å². The number of morpholine rings is 1. The molecule has 11 heteroatoms. The summed E-state index contributed by atoms with van der Waals surface area (Å²) in [6.45, 7) is 3.57. The zero-order chi connectivity index (χ0) is 24.1. The zero-order valence-corrected chi connectivity index (χ0v) is 19.7. The van der Waals surface area contributed by atoms with Crippen LogP contribution >= 0.6 is 0 Å². The molecule has 1 saturated heterocycles. The van der Waals surface area contributed by atoms with Crippen LogP contribution in [0.4, 0.5) is 5.69 Å². The Labute approximate surface area is 197 Å². The maximum absolute atomic E-state index is 13.2. The van der Waals surface area contributed by atoms with Crippen molar-refractivity contribution in [3.8, 4) is 5.75 Å². The lowest BCUT2D eigenvalue weighted by Gasteiger charge is -2.27. The average molecular weight is 490 g/mol. The zero-order valence-electron chi connectivity index (χ0n) is 18.9. The summed E-state index contributed by atoms with van der Waals surface area (Å²) in [6, 6.07) is 11.7. The number of amides is 1. The summed E-state index contributed by atoms with van der Waals surface area (Å²) in [5.74, 6) is -0.524. The Morgan fingerprint density at radius 1 is 1.15 bits per heavy atom. The molecule has 182 valence electrons. The molecule has 1 aromatic heterocycles. The number of nitrogens with zero attached hydrogens (tertiary/aromatic N) is 2. The van der Waals surface area contributed by atoms with Gasteiger partial charge in [-0.2, -0.15) is 4.31 Å². The molecule has 2 heterocycles. The van der Waals surface area contributed by atoms with Gasteiger partial charge in [0, 0.05) is 31.7 Å². The SMILES string of the molecule is CCOc1ccc(NC(=O)CCCn2c(=O)oc3ccccc32)cc1S(=O)(=O)N1CCOCC1. The number of fused-ring (bicyclic) bond motifs is 1. The minimum absolute atomic E-state index is 0.00506. The van der Waals surface area contributed by atoms with Gasteiger partial charge >= 0.3 is 5.76 Å². The molecular weight excluding hydrogens is 462 g/mol. The summed E-state index contributed by atoms with van der Waals surface area (Å²) in [4.78, 5) is 24.6. The van der Waals surface area contributed by atoms with E-state index in [1.807, 2.05) is 6.07 Å². The Balaban J connectivity index is 1.44. The predicted molar refractivity (Wildman–Crippen MR) is 126 cm³/mol. The fourth-order valence-corrected chi connectivity index (χ4v) is 5.40. The first-order valence-corrected chi connectivity index (χ1v) is 12.6. The van der Waals surface area contributed by atoms with E-state index in [-0.39, 0.29) is 36.1 Å². The number of anilines is 1. The van der Waals surface area contributed by atoms with Crippen LogP contribution in [0.2, 0.25) is 0 Å². The van der Waals surface area contributed by atoms with Crippen LogP contribution in [-0.4, -0.2) is 56.1 Å². The van der Waals surface area contributed by atoms with E-state index in [2.05, 4.69) is 5.32 Å². The van der Waals surface area contributed by atoms with Gasteiger partial charge in [-0.15, -0.1) is 0 Å². The molecule has 1 aliphatic rings. The molecule has 1 fully saturated rings. The molecule has 3 aromatic rings. The van der Waals surface area contributed by atoms with E-state index < -0.39 is 15.8 Å². The van der Waals surface area contributed by atoms with Crippen LogP contribution in [-0.2, 0) is 26.1 Å².